The zero-order chi connectivity index (χ0) is 17.8. The zero-order valence-electron chi connectivity index (χ0n) is 13.8. The number of benzene rings is 2. The number of aldehydes is 1. The number of nitrogens with zero attached hydrogens (tertiary/aromatic N) is 1. The van der Waals surface area contributed by atoms with Crippen molar-refractivity contribution in [2.24, 2.45) is 0 Å². The molecule has 0 radical (unpaired) electrons. The van der Waals surface area contributed by atoms with Gasteiger partial charge in [-0.05, 0) is 42.2 Å². The molecule has 1 aliphatic rings. The Labute approximate surface area is 145 Å². The Kier molecular flexibility index (Phi) is 5.12. The van der Waals surface area contributed by atoms with E-state index in [1.54, 1.807) is 23.1 Å². The normalized spacial score (nSPS) is 17.3. The van der Waals surface area contributed by atoms with Gasteiger partial charge in [-0.25, -0.2) is 4.39 Å². The highest BCUT2D eigenvalue weighted by Crippen LogP contribution is 2.29. The van der Waals surface area contributed by atoms with E-state index in [4.69, 9.17) is 0 Å². The van der Waals surface area contributed by atoms with Crippen LogP contribution in [0.1, 0.15) is 40.2 Å². The Morgan fingerprint density at radius 2 is 2.08 bits per heavy atom. The van der Waals surface area contributed by atoms with Gasteiger partial charge in [0.1, 0.15) is 11.6 Å². The fourth-order valence-electron chi connectivity index (χ4n) is 3.36. The molecule has 1 aliphatic heterocycles. The summed E-state index contributed by atoms with van der Waals surface area (Å²) in [5, 5.41) is 9.54. The van der Waals surface area contributed by atoms with Gasteiger partial charge in [0, 0.05) is 19.0 Å². The third kappa shape index (κ3) is 3.87. The summed E-state index contributed by atoms with van der Waals surface area (Å²) in [7, 11) is 0. The summed E-state index contributed by atoms with van der Waals surface area (Å²) in [5.74, 6) is -0.368. The molecule has 25 heavy (non-hydrogen) atoms. The Morgan fingerprint density at radius 1 is 1.28 bits per heavy atom. The molecule has 1 atom stereocenters. The van der Waals surface area contributed by atoms with Crippen LogP contribution in [0.15, 0.2) is 42.5 Å². The molecule has 1 fully saturated rings. The molecule has 0 aromatic heterocycles. The van der Waals surface area contributed by atoms with Crippen LogP contribution in [0.2, 0.25) is 0 Å². The van der Waals surface area contributed by atoms with Crippen molar-refractivity contribution in [3.63, 3.8) is 0 Å². The van der Waals surface area contributed by atoms with Gasteiger partial charge in [0.15, 0.2) is 6.29 Å². The number of amides is 1. The standard InChI is InChI=1S/C20H20FNO3/c21-18-6-2-1-5-17(18)15-4-3-9-22(12-15)20(25)11-14-7-8-19(24)16(10-14)13-23/h1-2,5-8,10,13,15,24H,3-4,9,11-12H2. The van der Waals surface area contributed by atoms with E-state index in [9.17, 15) is 19.1 Å². The topological polar surface area (TPSA) is 57.6 Å². The van der Waals surface area contributed by atoms with E-state index >= 15 is 0 Å². The lowest BCUT2D eigenvalue weighted by atomic mass is 9.90. The molecule has 0 bridgehead atoms. The predicted molar refractivity (Wildman–Crippen MR) is 92.2 cm³/mol. The van der Waals surface area contributed by atoms with Crippen molar-refractivity contribution in [2.75, 3.05) is 13.1 Å². The molecule has 1 unspecified atom stereocenters. The van der Waals surface area contributed by atoms with Gasteiger partial charge in [-0.1, -0.05) is 24.3 Å². The van der Waals surface area contributed by atoms with E-state index in [1.807, 2.05) is 6.07 Å². The number of aromatic hydroxyl groups is 1. The Balaban J connectivity index is 1.70. The summed E-state index contributed by atoms with van der Waals surface area (Å²) >= 11 is 0. The maximum absolute atomic E-state index is 14.0. The molecule has 2 aromatic carbocycles. The van der Waals surface area contributed by atoms with Crippen LogP contribution < -0.4 is 0 Å². The monoisotopic (exact) mass is 341 g/mol. The van der Waals surface area contributed by atoms with Gasteiger partial charge in [-0.15, -0.1) is 0 Å². The molecule has 1 amide bonds. The van der Waals surface area contributed by atoms with Crippen LogP contribution in [0.3, 0.4) is 0 Å². The predicted octanol–water partition coefficient (Wildman–Crippen LogP) is 3.29. The first kappa shape index (κ1) is 17.1. The first-order valence-corrected chi connectivity index (χ1v) is 8.37. The van der Waals surface area contributed by atoms with Crippen LogP contribution >= 0.6 is 0 Å². The van der Waals surface area contributed by atoms with Gasteiger partial charge in [-0.2, -0.15) is 0 Å². The van der Waals surface area contributed by atoms with Crippen molar-refractivity contribution in [1.82, 2.24) is 4.90 Å². The molecule has 0 aliphatic carbocycles. The van der Waals surface area contributed by atoms with E-state index in [1.165, 1.54) is 18.2 Å². The van der Waals surface area contributed by atoms with Crippen molar-refractivity contribution in [2.45, 2.75) is 25.2 Å². The minimum Gasteiger partial charge on any atom is -0.507 e. The van der Waals surface area contributed by atoms with Crippen LogP contribution in [0.25, 0.3) is 0 Å². The molecule has 1 saturated heterocycles. The second kappa shape index (κ2) is 7.47. The molecular formula is C20H20FNO3. The smallest absolute Gasteiger partial charge is 0.227 e. The van der Waals surface area contributed by atoms with Gasteiger partial charge < -0.3 is 10.0 Å². The fraction of sp³-hybridized carbons (Fsp3) is 0.300. The highest BCUT2D eigenvalue weighted by molar-refractivity contribution is 5.82. The summed E-state index contributed by atoms with van der Waals surface area (Å²) in [5.41, 5.74) is 1.51. The summed E-state index contributed by atoms with van der Waals surface area (Å²) in [6.45, 7) is 1.15. The van der Waals surface area contributed by atoms with Crippen LogP contribution in [-0.2, 0) is 11.2 Å². The Bertz CT molecular complexity index is 790. The maximum Gasteiger partial charge on any atom is 0.227 e. The number of phenols is 1. The van der Waals surface area contributed by atoms with Crippen molar-refractivity contribution in [3.8, 4) is 5.75 Å². The number of carbonyl (C=O) groups excluding carboxylic acids is 2. The number of hydrogen-bond donors (Lipinski definition) is 1. The molecule has 130 valence electrons. The number of hydrogen-bond acceptors (Lipinski definition) is 3. The van der Waals surface area contributed by atoms with Crippen LogP contribution in [0.5, 0.6) is 5.75 Å². The highest BCUT2D eigenvalue weighted by Gasteiger charge is 2.26. The highest BCUT2D eigenvalue weighted by atomic mass is 19.1. The SMILES string of the molecule is O=Cc1cc(CC(=O)N2CCCC(c3ccccc3F)C2)ccc1O. The van der Waals surface area contributed by atoms with Gasteiger partial charge in [-0.3, -0.25) is 9.59 Å². The van der Waals surface area contributed by atoms with Crippen molar-refractivity contribution in [1.29, 1.82) is 0 Å². The number of piperidine rings is 1. The second-order valence-electron chi connectivity index (χ2n) is 6.39. The minimum absolute atomic E-state index is 0.00394. The lowest BCUT2D eigenvalue weighted by Gasteiger charge is -2.33. The van der Waals surface area contributed by atoms with Crippen LogP contribution in [0, 0.1) is 5.82 Å². The quantitative estimate of drug-likeness (QED) is 0.868. The Hall–Kier alpha value is -2.69. The van der Waals surface area contributed by atoms with E-state index in [-0.39, 0.29) is 35.4 Å². The summed E-state index contributed by atoms with van der Waals surface area (Å²) in [4.78, 5) is 25.3. The van der Waals surface area contributed by atoms with E-state index in [2.05, 4.69) is 0 Å². The summed E-state index contributed by atoms with van der Waals surface area (Å²) in [6, 6.07) is 11.3. The van der Waals surface area contributed by atoms with Crippen LogP contribution in [-0.4, -0.2) is 35.3 Å². The molecule has 0 saturated carbocycles. The molecule has 5 heteroatoms. The third-order valence-corrected chi connectivity index (χ3v) is 4.69. The molecule has 2 aromatic rings. The lowest BCUT2D eigenvalue weighted by Crippen LogP contribution is -2.40. The largest absolute Gasteiger partial charge is 0.507 e. The maximum atomic E-state index is 14.0. The number of phenolic OH excluding ortho intramolecular Hbond substituents is 1. The molecule has 3 rings (SSSR count). The number of likely N-dealkylation sites (tertiary alicyclic amines) is 1. The number of halogens is 1. The van der Waals surface area contributed by atoms with E-state index in [0.717, 1.165) is 12.8 Å². The zero-order valence-corrected chi connectivity index (χ0v) is 13.8. The third-order valence-electron chi connectivity index (χ3n) is 4.69. The number of carbonyl (C=O) groups is 2. The lowest BCUT2D eigenvalue weighted by molar-refractivity contribution is -0.131. The number of rotatable bonds is 4. The molecule has 4 nitrogen and oxygen atoms in total. The van der Waals surface area contributed by atoms with Crippen molar-refractivity contribution >= 4 is 12.2 Å². The average Bonchev–Trinajstić information content (AvgIpc) is 2.63. The minimum atomic E-state index is -0.226. The van der Waals surface area contributed by atoms with Crippen molar-refractivity contribution < 1.29 is 19.1 Å². The molecule has 0 spiro atoms. The first-order chi connectivity index (χ1) is 12.1. The average molecular weight is 341 g/mol. The molecular weight excluding hydrogens is 321 g/mol. The van der Waals surface area contributed by atoms with E-state index < -0.39 is 0 Å². The van der Waals surface area contributed by atoms with Crippen LogP contribution in [0.4, 0.5) is 4.39 Å². The molecule has 1 N–H and O–H groups in total. The van der Waals surface area contributed by atoms with Crippen molar-refractivity contribution in [3.05, 3.63) is 65.0 Å². The Morgan fingerprint density at radius 3 is 2.84 bits per heavy atom. The van der Waals surface area contributed by atoms with Gasteiger partial charge in [0.25, 0.3) is 0 Å². The van der Waals surface area contributed by atoms with Gasteiger partial charge in [0.2, 0.25) is 5.91 Å². The van der Waals surface area contributed by atoms with E-state index in [0.29, 0.717) is 30.5 Å². The summed E-state index contributed by atoms with van der Waals surface area (Å²) in [6.07, 6.45) is 2.42. The first-order valence-electron chi connectivity index (χ1n) is 8.37. The fourth-order valence-corrected chi connectivity index (χ4v) is 3.36. The van der Waals surface area contributed by atoms with Gasteiger partial charge in [0.05, 0.1) is 12.0 Å². The second-order valence-corrected chi connectivity index (χ2v) is 6.39. The molecule has 1 heterocycles. The summed E-state index contributed by atoms with van der Waals surface area (Å²) < 4.78 is 14.0. The van der Waals surface area contributed by atoms with Gasteiger partial charge >= 0.3 is 0 Å².